The Morgan fingerprint density at radius 2 is 1.74 bits per heavy atom. The van der Waals surface area contributed by atoms with E-state index < -0.39 is 54.0 Å². The number of H-pyrrole nitrogens is 1. The summed E-state index contributed by atoms with van der Waals surface area (Å²) in [7, 11) is 0. The lowest BCUT2D eigenvalue weighted by atomic mass is 10.1. The third-order valence-electron chi connectivity index (χ3n) is 4.76. The van der Waals surface area contributed by atoms with Crippen molar-refractivity contribution < 1.29 is 42.9 Å². The van der Waals surface area contributed by atoms with Gasteiger partial charge in [0.05, 0.1) is 12.9 Å². The van der Waals surface area contributed by atoms with Crippen LogP contribution >= 0.6 is 0 Å². The molecule has 0 unspecified atom stereocenters. The minimum Gasteiger partial charge on any atom is -0.466 e. The second-order valence-corrected chi connectivity index (χ2v) is 7.30. The number of carbonyl (C=O) groups excluding carboxylic acids is 4. The zero-order valence-corrected chi connectivity index (χ0v) is 18.9. The van der Waals surface area contributed by atoms with Crippen molar-refractivity contribution in [3.63, 3.8) is 0 Å². The molecule has 34 heavy (non-hydrogen) atoms. The fraction of sp³-hybridized carbons (Fsp3) is 0.550. The van der Waals surface area contributed by atoms with Gasteiger partial charge in [0, 0.05) is 20.8 Å². The molecule has 14 heteroatoms. The first-order valence-electron chi connectivity index (χ1n) is 10.4. The first-order valence-corrected chi connectivity index (χ1v) is 10.4. The van der Waals surface area contributed by atoms with Crippen LogP contribution in [0.5, 0.6) is 0 Å². The van der Waals surface area contributed by atoms with E-state index in [2.05, 4.69) is 15.0 Å². The van der Waals surface area contributed by atoms with E-state index in [4.69, 9.17) is 23.7 Å². The number of esters is 4. The number of aromatic amines is 1. The topological polar surface area (TPSA) is 178 Å². The van der Waals surface area contributed by atoms with Crippen molar-refractivity contribution in [3.05, 3.63) is 22.5 Å². The number of ether oxygens (including phenoxy) is 5. The summed E-state index contributed by atoms with van der Waals surface area (Å²) in [6.07, 6.45) is -3.94. The molecule has 1 aliphatic heterocycles. The number of imidazole rings is 1. The van der Waals surface area contributed by atoms with E-state index >= 15 is 0 Å². The maximum Gasteiger partial charge on any atom is 0.313 e. The lowest BCUT2D eigenvalue weighted by Crippen LogP contribution is -2.40. The quantitative estimate of drug-likeness (QED) is 0.380. The predicted molar refractivity (Wildman–Crippen MR) is 110 cm³/mol. The maximum atomic E-state index is 12.3. The number of carbonyl (C=O) groups is 4. The van der Waals surface area contributed by atoms with Gasteiger partial charge in [0.15, 0.2) is 29.6 Å². The van der Waals surface area contributed by atoms with Crippen LogP contribution in [0.15, 0.2) is 11.1 Å². The molecule has 14 nitrogen and oxygen atoms in total. The van der Waals surface area contributed by atoms with Gasteiger partial charge in [0.25, 0.3) is 5.56 Å². The third-order valence-corrected chi connectivity index (χ3v) is 4.76. The van der Waals surface area contributed by atoms with Gasteiger partial charge in [0.2, 0.25) is 0 Å². The Morgan fingerprint density at radius 3 is 2.35 bits per heavy atom. The average molecular weight is 480 g/mol. The molecule has 0 radical (unpaired) electrons. The molecule has 3 rings (SSSR count). The van der Waals surface area contributed by atoms with E-state index in [-0.39, 0.29) is 36.6 Å². The number of hydrogen-bond donors (Lipinski definition) is 1. The van der Waals surface area contributed by atoms with Gasteiger partial charge in [-0.15, -0.1) is 0 Å². The first-order chi connectivity index (χ1) is 16.1. The van der Waals surface area contributed by atoms with Crippen molar-refractivity contribution in [2.75, 3.05) is 13.2 Å². The molecule has 184 valence electrons. The SMILES string of the molecule is CCOC(=O)Cc1nc2c(=O)[nH]cnc2n1[C@H]1O[C@H](COC(C)=O)[C@H](OC(C)=O)[C@H]1OC(C)=O. The van der Waals surface area contributed by atoms with Crippen LogP contribution in [0, 0.1) is 0 Å². The fourth-order valence-corrected chi connectivity index (χ4v) is 3.60. The molecule has 4 atom stereocenters. The van der Waals surface area contributed by atoms with Gasteiger partial charge in [-0.3, -0.25) is 28.5 Å². The van der Waals surface area contributed by atoms with Crippen molar-refractivity contribution in [3.8, 4) is 0 Å². The fourth-order valence-electron chi connectivity index (χ4n) is 3.60. The monoisotopic (exact) mass is 480 g/mol. The summed E-state index contributed by atoms with van der Waals surface area (Å²) in [5.41, 5.74) is -0.650. The molecule has 1 saturated heterocycles. The Balaban J connectivity index is 2.14. The summed E-state index contributed by atoms with van der Waals surface area (Å²) in [5.74, 6) is -2.62. The van der Waals surface area contributed by atoms with Crippen molar-refractivity contribution >= 4 is 35.0 Å². The minimum atomic E-state index is -1.25. The summed E-state index contributed by atoms with van der Waals surface area (Å²) >= 11 is 0. The van der Waals surface area contributed by atoms with Gasteiger partial charge in [-0.25, -0.2) is 9.97 Å². The van der Waals surface area contributed by atoms with E-state index in [0.29, 0.717) is 0 Å². The molecule has 2 aromatic heterocycles. The molecule has 0 bridgehead atoms. The van der Waals surface area contributed by atoms with Gasteiger partial charge in [-0.2, -0.15) is 0 Å². The summed E-state index contributed by atoms with van der Waals surface area (Å²) in [4.78, 5) is 70.4. The number of nitrogens with zero attached hydrogens (tertiary/aromatic N) is 3. The number of rotatable bonds is 8. The highest BCUT2D eigenvalue weighted by molar-refractivity contribution is 5.75. The highest BCUT2D eigenvalue weighted by Gasteiger charge is 2.51. The summed E-state index contributed by atoms with van der Waals surface area (Å²) in [5, 5.41) is 0. The van der Waals surface area contributed by atoms with E-state index in [1.807, 2.05) is 0 Å². The molecular formula is C20H24N4O10. The second-order valence-electron chi connectivity index (χ2n) is 7.30. The molecule has 0 spiro atoms. The first kappa shape index (κ1) is 24.8. The van der Waals surface area contributed by atoms with E-state index in [1.54, 1.807) is 6.92 Å². The van der Waals surface area contributed by atoms with Gasteiger partial charge in [0.1, 0.15) is 25.0 Å². The zero-order chi connectivity index (χ0) is 25.0. The van der Waals surface area contributed by atoms with Crippen LogP contribution in [0.2, 0.25) is 0 Å². The second kappa shape index (κ2) is 10.4. The Kier molecular flexibility index (Phi) is 7.61. The normalized spacial score (nSPS) is 21.8. The maximum absolute atomic E-state index is 12.3. The minimum absolute atomic E-state index is 0.0277. The van der Waals surface area contributed by atoms with Gasteiger partial charge < -0.3 is 28.7 Å². The smallest absolute Gasteiger partial charge is 0.313 e. The number of fused-ring (bicyclic) bond motifs is 1. The summed E-state index contributed by atoms with van der Waals surface area (Å²) in [6.45, 7) is 4.92. The van der Waals surface area contributed by atoms with Crippen molar-refractivity contribution in [1.82, 2.24) is 19.5 Å². The van der Waals surface area contributed by atoms with Crippen LogP contribution < -0.4 is 5.56 Å². The Bertz CT molecular complexity index is 1160. The van der Waals surface area contributed by atoms with Gasteiger partial charge >= 0.3 is 23.9 Å². The number of aromatic nitrogens is 4. The Labute approximate surface area is 192 Å². The van der Waals surface area contributed by atoms with Crippen LogP contribution in [0.4, 0.5) is 0 Å². The van der Waals surface area contributed by atoms with Crippen LogP contribution in [0.3, 0.4) is 0 Å². The average Bonchev–Trinajstić information content (AvgIpc) is 3.25. The van der Waals surface area contributed by atoms with Crippen molar-refractivity contribution in [2.45, 2.75) is 58.7 Å². The lowest BCUT2D eigenvalue weighted by molar-refractivity contribution is -0.166. The van der Waals surface area contributed by atoms with Crippen LogP contribution in [-0.4, -0.2) is 74.9 Å². The Hall–Kier alpha value is -3.81. The molecule has 3 heterocycles. The molecule has 0 aliphatic carbocycles. The van der Waals surface area contributed by atoms with Crippen molar-refractivity contribution in [2.24, 2.45) is 0 Å². The highest BCUT2D eigenvalue weighted by Crippen LogP contribution is 2.36. The lowest BCUT2D eigenvalue weighted by Gasteiger charge is -2.24. The van der Waals surface area contributed by atoms with Crippen LogP contribution in [-0.2, 0) is 49.3 Å². The Morgan fingerprint density at radius 1 is 1.06 bits per heavy atom. The van der Waals surface area contributed by atoms with E-state index in [0.717, 1.165) is 20.2 Å². The third kappa shape index (κ3) is 5.39. The zero-order valence-electron chi connectivity index (χ0n) is 18.9. The molecule has 0 amide bonds. The van der Waals surface area contributed by atoms with Gasteiger partial charge in [-0.1, -0.05) is 0 Å². The summed E-state index contributed by atoms with van der Waals surface area (Å²) in [6, 6.07) is 0. The molecule has 0 aromatic carbocycles. The molecule has 0 saturated carbocycles. The molecule has 1 fully saturated rings. The van der Waals surface area contributed by atoms with Crippen molar-refractivity contribution in [1.29, 1.82) is 0 Å². The van der Waals surface area contributed by atoms with Crippen LogP contribution in [0.1, 0.15) is 39.7 Å². The number of nitrogens with one attached hydrogen (secondary N) is 1. The number of hydrogen-bond acceptors (Lipinski definition) is 12. The highest BCUT2D eigenvalue weighted by atomic mass is 16.7. The standard InChI is InChI=1S/C20H24N4O10/c1-5-30-14(28)6-13-23-15-18(21-8-22-19(15)29)24(13)20-17(33-11(4)27)16(32-10(3)26)12(34-20)7-31-9(2)25/h8,12,16-17,20H,5-7H2,1-4H3,(H,21,22,29)/t12-,16+,17-,20+/m1/s1. The largest absolute Gasteiger partial charge is 0.466 e. The molecular weight excluding hydrogens is 456 g/mol. The van der Waals surface area contributed by atoms with Gasteiger partial charge in [-0.05, 0) is 6.92 Å². The molecule has 1 aliphatic rings. The molecule has 1 N–H and O–H groups in total. The summed E-state index contributed by atoms with van der Waals surface area (Å²) < 4.78 is 28.1. The molecule has 2 aromatic rings. The predicted octanol–water partition coefficient (Wildman–Crippen LogP) is -0.451. The van der Waals surface area contributed by atoms with Crippen LogP contribution in [0.25, 0.3) is 11.2 Å². The van der Waals surface area contributed by atoms with E-state index in [9.17, 15) is 24.0 Å². The van der Waals surface area contributed by atoms with E-state index in [1.165, 1.54) is 11.5 Å².